The number of benzene rings is 2. The van der Waals surface area contributed by atoms with Gasteiger partial charge in [0.15, 0.2) is 0 Å². The van der Waals surface area contributed by atoms with Gasteiger partial charge >= 0.3 is 5.97 Å². The minimum Gasteiger partial charge on any atom is -0.478 e. The number of nitro groups is 1. The van der Waals surface area contributed by atoms with Crippen LogP contribution >= 0.6 is 11.6 Å². The molecule has 6 nitrogen and oxygen atoms in total. The molecule has 0 aromatic heterocycles. The number of rotatable bonds is 5. The van der Waals surface area contributed by atoms with E-state index in [1.54, 1.807) is 12.1 Å². The van der Waals surface area contributed by atoms with E-state index in [-0.39, 0.29) is 17.3 Å². The average Bonchev–Trinajstić information content (AvgIpc) is 2.47. The smallest absolute Gasteiger partial charge is 0.338 e. The van der Waals surface area contributed by atoms with Gasteiger partial charge in [0.1, 0.15) is 0 Å². The van der Waals surface area contributed by atoms with Crippen molar-refractivity contribution < 1.29 is 14.8 Å². The normalized spacial score (nSPS) is 11.7. The maximum Gasteiger partial charge on any atom is 0.338 e. The monoisotopic (exact) mass is 320 g/mol. The fraction of sp³-hybridized carbons (Fsp3) is 0.133. The maximum atomic E-state index is 11.3. The van der Waals surface area contributed by atoms with Crippen LogP contribution in [-0.4, -0.2) is 16.0 Å². The van der Waals surface area contributed by atoms with E-state index in [0.717, 1.165) is 11.6 Å². The summed E-state index contributed by atoms with van der Waals surface area (Å²) in [7, 11) is 0. The van der Waals surface area contributed by atoms with Crippen LogP contribution in [0.15, 0.2) is 42.5 Å². The molecule has 114 valence electrons. The van der Waals surface area contributed by atoms with Gasteiger partial charge in [0.2, 0.25) is 0 Å². The van der Waals surface area contributed by atoms with Crippen LogP contribution in [-0.2, 0) is 0 Å². The third-order valence-electron chi connectivity index (χ3n) is 3.19. The van der Waals surface area contributed by atoms with Crippen molar-refractivity contribution in [2.24, 2.45) is 0 Å². The van der Waals surface area contributed by atoms with Crippen LogP contribution in [0.3, 0.4) is 0 Å². The largest absolute Gasteiger partial charge is 0.478 e. The highest BCUT2D eigenvalue weighted by Crippen LogP contribution is 2.26. The molecule has 0 saturated carbocycles. The first-order chi connectivity index (χ1) is 10.4. The van der Waals surface area contributed by atoms with Crippen molar-refractivity contribution in [1.29, 1.82) is 0 Å². The van der Waals surface area contributed by atoms with E-state index in [1.165, 1.54) is 12.1 Å². The number of nitrogens with zero attached hydrogens (tertiary/aromatic N) is 1. The van der Waals surface area contributed by atoms with Gasteiger partial charge in [-0.3, -0.25) is 10.1 Å². The van der Waals surface area contributed by atoms with E-state index in [1.807, 2.05) is 19.1 Å². The topological polar surface area (TPSA) is 92.5 Å². The molecule has 1 unspecified atom stereocenters. The molecule has 0 aliphatic rings. The second-order valence-corrected chi connectivity index (χ2v) is 5.15. The van der Waals surface area contributed by atoms with Gasteiger partial charge < -0.3 is 10.4 Å². The molecule has 0 heterocycles. The van der Waals surface area contributed by atoms with E-state index < -0.39 is 10.9 Å². The number of non-ortho nitro benzene ring substituents is 1. The van der Waals surface area contributed by atoms with Gasteiger partial charge in [0.05, 0.1) is 10.5 Å². The number of carboxylic acids is 1. The van der Waals surface area contributed by atoms with Gasteiger partial charge in [0.25, 0.3) is 5.69 Å². The third-order valence-corrected chi connectivity index (χ3v) is 3.44. The van der Waals surface area contributed by atoms with E-state index >= 15 is 0 Å². The number of aromatic carboxylic acids is 1. The van der Waals surface area contributed by atoms with Gasteiger partial charge in [0, 0.05) is 28.9 Å². The molecule has 0 saturated heterocycles. The number of hydrogen-bond acceptors (Lipinski definition) is 4. The zero-order valence-electron chi connectivity index (χ0n) is 11.6. The van der Waals surface area contributed by atoms with Gasteiger partial charge in [-0.05, 0) is 30.7 Å². The Hall–Kier alpha value is -2.60. The SMILES string of the molecule is CC(Nc1ccc([N+](=O)[O-])cc1C(=O)O)c1ccc(Cl)cc1. The summed E-state index contributed by atoms with van der Waals surface area (Å²) in [5.74, 6) is -1.23. The first-order valence-corrected chi connectivity index (χ1v) is 6.80. The predicted molar refractivity (Wildman–Crippen MR) is 83.5 cm³/mol. The zero-order valence-corrected chi connectivity index (χ0v) is 12.4. The molecular weight excluding hydrogens is 308 g/mol. The molecule has 22 heavy (non-hydrogen) atoms. The highest BCUT2D eigenvalue weighted by molar-refractivity contribution is 6.30. The summed E-state index contributed by atoms with van der Waals surface area (Å²) in [6.45, 7) is 1.86. The lowest BCUT2D eigenvalue weighted by atomic mass is 10.1. The van der Waals surface area contributed by atoms with Gasteiger partial charge in [-0.2, -0.15) is 0 Å². The second-order valence-electron chi connectivity index (χ2n) is 4.71. The summed E-state index contributed by atoms with van der Waals surface area (Å²) in [6, 6.07) is 10.7. The fourth-order valence-electron chi connectivity index (χ4n) is 2.02. The Bertz CT molecular complexity index is 716. The Morgan fingerprint density at radius 2 is 1.91 bits per heavy atom. The Morgan fingerprint density at radius 3 is 2.45 bits per heavy atom. The predicted octanol–water partition coefficient (Wildman–Crippen LogP) is 4.12. The summed E-state index contributed by atoms with van der Waals surface area (Å²) in [6.07, 6.45) is 0. The Labute approximate surface area is 131 Å². The molecule has 0 bridgehead atoms. The highest BCUT2D eigenvalue weighted by atomic mass is 35.5. The van der Waals surface area contributed by atoms with E-state index in [4.69, 9.17) is 11.6 Å². The molecule has 0 aliphatic carbocycles. The number of carboxylic acid groups (broad SMARTS) is 1. The molecule has 2 aromatic carbocycles. The standard InChI is InChI=1S/C15H13ClN2O4/c1-9(10-2-4-11(16)5-3-10)17-14-7-6-12(18(21)22)8-13(14)15(19)20/h2-9,17H,1H3,(H,19,20). The summed E-state index contributed by atoms with van der Waals surface area (Å²) < 4.78 is 0. The highest BCUT2D eigenvalue weighted by Gasteiger charge is 2.17. The Balaban J connectivity index is 2.30. The quantitative estimate of drug-likeness (QED) is 0.638. The van der Waals surface area contributed by atoms with Crippen molar-refractivity contribution in [1.82, 2.24) is 0 Å². The van der Waals surface area contributed by atoms with Gasteiger partial charge in [-0.15, -0.1) is 0 Å². The first-order valence-electron chi connectivity index (χ1n) is 6.42. The number of anilines is 1. The minimum atomic E-state index is -1.23. The van der Waals surface area contributed by atoms with Crippen molar-refractivity contribution in [2.45, 2.75) is 13.0 Å². The number of halogens is 1. The Morgan fingerprint density at radius 1 is 1.27 bits per heavy atom. The number of hydrogen-bond donors (Lipinski definition) is 2. The van der Waals surface area contributed by atoms with Crippen LogP contribution in [0.1, 0.15) is 28.9 Å². The van der Waals surface area contributed by atoms with Crippen LogP contribution in [0.5, 0.6) is 0 Å². The van der Waals surface area contributed by atoms with Crippen molar-refractivity contribution in [3.63, 3.8) is 0 Å². The molecule has 1 atom stereocenters. The number of nitro benzene ring substituents is 1. The lowest BCUT2D eigenvalue weighted by Gasteiger charge is -2.17. The van der Waals surface area contributed by atoms with Crippen LogP contribution in [0.4, 0.5) is 11.4 Å². The van der Waals surface area contributed by atoms with Gasteiger partial charge in [-0.25, -0.2) is 4.79 Å². The van der Waals surface area contributed by atoms with E-state index in [0.29, 0.717) is 10.7 Å². The molecule has 2 N–H and O–H groups in total. The minimum absolute atomic E-state index is 0.144. The van der Waals surface area contributed by atoms with Crippen LogP contribution in [0, 0.1) is 10.1 Å². The molecule has 0 radical (unpaired) electrons. The average molecular weight is 321 g/mol. The molecule has 7 heteroatoms. The second kappa shape index (κ2) is 6.44. The van der Waals surface area contributed by atoms with Crippen molar-refractivity contribution in [3.8, 4) is 0 Å². The Kier molecular flexibility index (Phi) is 4.62. The van der Waals surface area contributed by atoms with Crippen molar-refractivity contribution in [3.05, 3.63) is 68.7 Å². The molecule has 2 rings (SSSR count). The van der Waals surface area contributed by atoms with E-state index in [9.17, 15) is 20.0 Å². The van der Waals surface area contributed by atoms with Crippen LogP contribution in [0.25, 0.3) is 0 Å². The first kappa shape index (κ1) is 15.8. The lowest BCUT2D eigenvalue weighted by Crippen LogP contribution is -2.11. The molecular formula is C15H13ClN2O4. The molecule has 0 fully saturated rings. The molecule has 0 aliphatic heterocycles. The van der Waals surface area contributed by atoms with Gasteiger partial charge in [-0.1, -0.05) is 23.7 Å². The maximum absolute atomic E-state index is 11.3. The summed E-state index contributed by atoms with van der Waals surface area (Å²) in [4.78, 5) is 21.4. The summed E-state index contributed by atoms with van der Waals surface area (Å²) in [5, 5.41) is 23.6. The van der Waals surface area contributed by atoms with E-state index in [2.05, 4.69) is 5.32 Å². The lowest BCUT2D eigenvalue weighted by molar-refractivity contribution is -0.384. The summed E-state index contributed by atoms with van der Waals surface area (Å²) >= 11 is 5.83. The van der Waals surface area contributed by atoms with Crippen molar-refractivity contribution in [2.75, 3.05) is 5.32 Å². The zero-order chi connectivity index (χ0) is 16.3. The van der Waals surface area contributed by atoms with Crippen molar-refractivity contribution >= 4 is 28.9 Å². The molecule has 0 spiro atoms. The van der Waals surface area contributed by atoms with Crippen LogP contribution < -0.4 is 5.32 Å². The van der Waals surface area contributed by atoms with Crippen LogP contribution in [0.2, 0.25) is 5.02 Å². The third kappa shape index (κ3) is 3.53. The fourth-order valence-corrected chi connectivity index (χ4v) is 2.14. The summed E-state index contributed by atoms with van der Waals surface area (Å²) in [5.41, 5.74) is 0.830. The molecule has 0 amide bonds. The molecule has 2 aromatic rings. The number of carbonyl (C=O) groups is 1. The number of nitrogens with one attached hydrogen (secondary N) is 1.